The van der Waals surface area contributed by atoms with Gasteiger partial charge in [-0.2, -0.15) is 0 Å². The van der Waals surface area contributed by atoms with Gasteiger partial charge in [0.1, 0.15) is 6.10 Å². The van der Waals surface area contributed by atoms with E-state index in [1.54, 1.807) is 6.92 Å². The van der Waals surface area contributed by atoms with Gasteiger partial charge in [-0.1, -0.05) is 26.3 Å². The summed E-state index contributed by atoms with van der Waals surface area (Å²) in [6.45, 7) is 8.74. The number of fused-ring (bicyclic) bond motifs is 5. The van der Waals surface area contributed by atoms with Crippen LogP contribution in [0.5, 0.6) is 0 Å². The summed E-state index contributed by atoms with van der Waals surface area (Å²) in [4.78, 5) is 23.6. The Hall–Kier alpha value is -1.12. The van der Waals surface area contributed by atoms with Crippen LogP contribution in [0.3, 0.4) is 0 Å². The highest BCUT2D eigenvalue weighted by atomic mass is 16.5. The molecule has 0 bridgehead atoms. The number of ketones is 1. The van der Waals surface area contributed by atoms with Crippen LogP contribution in [-0.2, 0) is 14.3 Å². The van der Waals surface area contributed by atoms with Crippen molar-refractivity contribution in [1.82, 2.24) is 0 Å². The first-order chi connectivity index (χ1) is 11.8. The summed E-state index contributed by atoms with van der Waals surface area (Å²) in [6.07, 6.45) is 9.48. The fourth-order valence-corrected chi connectivity index (χ4v) is 7.25. The summed E-state index contributed by atoms with van der Waals surface area (Å²) in [6, 6.07) is 0. The van der Waals surface area contributed by atoms with Gasteiger partial charge in [0.25, 0.3) is 0 Å². The molecule has 4 aliphatic rings. The maximum Gasteiger partial charge on any atom is 0.302 e. The highest BCUT2D eigenvalue weighted by molar-refractivity contribution is 5.91. The van der Waals surface area contributed by atoms with Gasteiger partial charge in [-0.3, -0.25) is 9.59 Å². The van der Waals surface area contributed by atoms with Gasteiger partial charge in [-0.05, 0) is 73.7 Å². The van der Waals surface area contributed by atoms with Crippen LogP contribution < -0.4 is 0 Å². The molecule has 0 aromatic rings. The number of esters is 1. The van der Waals surface area contributed by atoms with Gasteiger partial charge >= 0.3 is 5.97 Å². The Morgan fingerprint density at radius 3 is 2.64 bits per heavy atom. The van der Waals surface area contributed by atoms with E-state index in [2.05, 4.69) is 20.8 Å². The molecule has 0 amide bonds. The molecule has 4 aliphatic carbocycles. The van der Waals surface area contributed by atoms with Crippen LogP contribution >= 0.6 is 0 Å². The van der Waals surface area contributed by atoms with Gasteiger partial charge in [0.15, 0.2) is 5.78 Å². The van der Waals surface area contributed by atoms with Crippen LogP contribution in [0, 0.1) is 34.5 Å². The molecule has 0 aliphatic heterocycles. The molecule has 138 valence electrons. The smallest absolute Gasteiger partial charge is 0.302 e. The predicted octanol–water partition coefficient (Wildman–Crippen LogP) is 4.70. The average molecular weight is 344 g/mol. The molecule has 0 heterocycles. The highest BCUT2D eigenvalue weighted by Crippen LogP contribution is 2.66. The van der Waals surface area contributed by atoms with Crippen molar-refractivity contribution >= 4 is 11.8 Å². The molecule has 0 aromatic heterocycles. The molecule has 3 saturated carbocycles. The normalized spacial score (nSPS) is 48.9. The SMILES string of the molecule is CC(=O)O[C@H]1CC[C@H]2[C@@H]3[C@H](C)CC4=CC(=O)CC[C@]4(C)[C@H]3CC[C@]12C. The molecule has 3 heteroatoms. The molecular formula is C22H32O3. The number of hydrogen-bond donors (Lipinski definition) is 0. The van der Waals surface area contributed by atoms with E-state index >= 15 is 0 Å². The zero-order valence-corrected chi connectivity index (χ0v) is 16.1. The van der Waals surface area contributed by atoms with E-state index in [-0.39, 0.29) is 22.9 Å². The van der Waals surface area contributed by atoms with Crippen molar-refractivity contribution in [2.45, 2.75) is 78.7 Å². The second-order valence-corrected chi connectivity index (χ2v) is 9.75. The molecule has 0 radical (unpaired) electrons. The molecule has 0 spiro atoms. The molecule has 0 aromatic carbocycles. The lowest BCUT2D eigenvalue weighted by molar-refractivity contribution is -0.158. The van der Waals surface area contributed by atoms with Gasteiger partial charge < -0.3 is 4.74 Å². The molecule has 0 unspecified atom stereocenters. The highest BCUT2D eigenvalue weighted by Gasteiger charge is 2.61. The van der Waals surface area contributed by atoms with Crippen LogP contribution in [-0.4, -0.2) is 17.9 Å². The summed E-state index contributed by atoms with van der Waals surface area (Å²) >= 11 is 0. The lowest BCUT2D eigenvalue weighted by Gasteiger charge is -2.59. The number of carbonyl (C=O) groups excluding carboxylic acids is 2. The number of hydrogen-bond acceptors (Lipinski definition) is 3. The largest absolute Gasteiger partial charge is 0.462 e. The van der Waals surface area contributed by atoms with Crippen LogP contribution in [0.15, 0.2) is 11.6 Å². The summed E-state index contributed by atoms with van der Waals surface area (Å²) in [5.74, 6) is 2.86. The number of carbonyl (C=O) groups is 2. The minimum Gasteiger partial charge on any atom is -0.462 e. The van der Waals surface area contributed by atoms with E-state index in [9.17, 15) is 9.59 Å². The topological polar surface area (TPSA) is 43.4 Å². The van der Waals surface area contributed by atoms with Gasteiger partial charge in [-0.15, -0.1) is 0 Å². The summed E-state index contributed by atoms with van der Waals surface area (Å²) in [7, 11) is 0. The number of allylic oxidation sites excluding steroid dienone is 1. The minimum absolute atomic E-state index is 0.0980. The van der Waals surface area contributed by atoms with E-state index in [0.717, 1.165) is 32.1 Å². The fourth-order valence-electron chi connectivity index (χ4n) is 7.25. The third-order valence-electron chi connectivity index (χ3n) is 8.53. The Bertz CT molecular complexity index is 635. The second-order valence-electron chi connectivity index (χ2n) is 9.75. The summed E-state index contributed by atoms with van der Waals surface area (Å²) in [5.41, 5.74) is 1.78. The van der Waals surface area contributed by atoms with E-state index < -0.39 is 0 Å². The van der Waals surface area contributed by atoms with E-state index in [1.165, 1.54) is 18.4 Å². The Kier molecular flexibility index (Phi) is 3.94. The Labute approximate surface area is 151 Å². The summed E-state index contributed by atoms with van der Waals surface area (Å²) in [5, 5.41) is 0. The number of ether oxygens (including phenoxy) is 1. The zero-order valence-electron chi connectivity index (χ0n) is 16.1. The monoisotopic (exact) mass is 344 g/mol. The molecule has 3 nitrogen and oxygen atoms in total. The standard InChI is InChI=1S/C22H32O3/c1-13-11-15-12-16(24)7-9-21(15,3)18-8-10-22(4)17(20(13)18)5-6-19(22)25-14(2)23/h12-13,17-20H,5-11H2,1-4H3/t13-,17+,18+,19+,20+,21+,22+/m1/s1. The molecule has 3 fully saturated rings. The first-order valence-electron chi connectivity index (χ1n) is 10.2. The van der Waals surface area contributed by atoms with E-state index in [1.807, 2.05) is 6.08 Å². The van der Waals surface area contributed by atoms with Crippen molar-refractivity contribution in [3.8, 4) is 0 Å². The molecular weight excluding hydrogens is 312 g/mol. The minimum atomic E-state index is -0.131. The van der Waals surface area contributed by atoms with Crippen molar-refractivity contribution in [3.05, 3.63) is 11.6 Å². The van der Waals surface area contributed by atoms with Crippen LogP contribution in [0.2, 0.25) is 0 Å². The van der Waals surface area contributed by atoms with Gasteiger partial charge in [0, 0.05) is 18.8 Å². The van der Waals surface area contributed by atoms with Crippen molar-refractivity contribution in [1.29, 1.82) is 0 Å². The Morgan fingerprint density at radius 1 is 1.16 bits per heavy atom. The van der Waals surface area contributed by atoms with Crippen molar-refractivity contribution in [2.24, 2.45) is 34.5 Å². The lowest BCUT2D eigenvalue weighted by Crippen LogP contribution is -2.54. The Morgan fingerprint density at radius 2 is 1.92 bits per heavy atom. The molecule has 0 saturated heterocycles. The molecule has 7 atom stereocenters. The van der Waals surface area contributed by atoms with Crippen LogP contribution in [0.1, 0.15) is 72.6 Å². The molecule has 25 heavy (non-hydrogen) atoms. The summed E-state index contributed by atoms with van der Waals surface area (Å²) < 4.78 is 5.75. The first kappa shape index (κ1) is 17.3. The maximum atomic E-state index is 12.0. The van der Waals surface area contributed by atoms with Crippen molar-refractivity contribution in [3.63, 3.8) is 0 Å². The van der Waals surface area contributed by atoms with Crippen LogP contribution in [0.25, 0.3) is 0 Å². The van der Waals surface area contributed by atoms with Gasteiger partial charge in [0.2, 0.25) is 0 Å². The maximum absolute atomic E-state index is 12.0. The van der Waals surface area contributed by atoms with E-state index in [0.29, 0.717) is 29.5 Å². The quantitative estimate of drug-likeness (QED) is 0.648. The lowest BCUT2D eigenvalue weighted by atomic mass is 9.45. The predicted molar refractivity (Wildman–Crippen MR) is 96.8 cm³/mol. The molecule has 0 N–H and O–H groups in total. The van der Waals surface area contributed by atoms with Gasteiger partial charge in [0.05, 0.1) is 0 Å². The zero-order chi connectivity index (χ0) is 18.0. The van der Waals surface area contributed by atoms with E-state index in [4.69, 9.17) is 4.74 Å². The first-order valence-corrected chi connectivity index (χ1v) is 10.2. The fraction of sp³-hybridized carbons (Fsp3) is 0.818. The second kappa shape index (κ2) is 5.69. The third kappa shape index (κ3) is 2.44. The average Bonchev–Trinajstić information content (AvgIpc) is 2.85. The van der Waals surface area contributed by atoms with Crippen LogP contribution in [0.4, 0.5) is 0 Å². The molecule has 4 rings (SSSR count). The van der Waals surface area contributed by atoms with Crippen molar-refractivity contribution in [2.75, 3.05) is 0 Å². The third-order valence-corrected chi connectivity index (χ3v) is 8.53. The van der Waals surface area contributed by atoms with Gasteiger partial charge in [-0.25, -0.2) is 0 Å². The Balaban J connectivity index is 1.67. The van der Waals surface area contributed by atoms with Crippen molar-refractivity contribution < 1.29 is 14.3 Å². The number of rotatable bonds is 1.